The van der Waals surface area contributed by atoms with Crippen molar-refractivity contribution in [3.05, 3.63) is 38.9 Å². The highest BCUT2D eigenvalue weighted by Gasteiger charge is 2.34. The van der Waals surface area contributed by atoms with Gasteiger partial charge in [0.05, 0.1) is 4.92 Å². The molecule has 0 spiro atoms. The van der Waals surface area contributed by atoms with Gasteiger partial charge in [-0.1, -0.05) is 18.5 Å². The fourth-order valence-electron chi connectivity index (χ4n) is 2.78. The topological polar surface area (TPSA) is 83.7 Å². The molecule has 0 aliphatic carbocycles. The van der Waals surface area contributed by atoms with Crippen LogP contribution >= 0.6 is 11.6 Å². The Hall–Kier alpha value is -1.66. The Balaban J connectivity index is 2.10. The molecule has 1 heterocycles. The molecule has 0 unspecified atom stereocenters. The summed E-state index contributed by atoms with van der Waals surface area (Å²) < 4.78 is 0. The van der Waals surface area contributed by atoms with Crippen LogP contribution in [0.25, 0.3) is 0 Å². The molecule has 1 amide bonds. The fourth-order valence-corrected chi connectivity index (χ4v) is 3.03. The molecular formula is C15H19ClN2O4. The predicted molar refractivity (Wildman–Crippen MR) is 83.1 cm³/mol. The number of hydrogen-bond acceptors (Lipinski definition) is 4. The fraction of sp³-hybridized carbons (Fsp3) is 0.533. The SMILES string of the molecule is CCC1(CO)CCN(C(=O)c2ccc([N+](=O)[O-])c(Cl)c2)CC1. The highest BCUT2D eigenvalue weighted by atomic mass is 35.5. The summed E-state index contributed by atoms with van der Waals surface area (Å²) in [4.78, 5) is 24.3. The molecule has 1 aromatic carbocycles. The number of benzene rings is 1. The number of amides is 1. The molecule has 1 saturated heterocycles. The largest absolute Gasteiger partial charge is 0.396 e. The number of nitro benzene ring substituents is 1. The second-order valence-corrected chi connectivity index (χ2v) is 6.13. The Morgan fingerprint density at radius 3 is 2.55 bits per heavy atom. The molecule has 1 N–H and O–H groups in total. The number of piperidine rings is 1. The summed E-state index contributed by atoms with van der Waals surface area (Å²) in [6, 6.07) is 4.03. The predicted octanol–water partition coefficient (Wildman–Crippen LogP) is 2.87. The van der Waals surface area contributed by atoms with Gasteiger partial charge in [0.15, 0.2) is 0 Å². The maximum atomic E-state index is 12.5. The first kappa shape index (κ1) is 16.7. The van der Waals surface area contributed by atoms with Gasteiger partial charge in [-0.15, -0.1) is 0 Å². The first-order valence-corrected chi connectivity index (χ1v) is 7.64. The molecule has 120 valence electrons. The van der Waals surface area contributed by atoms with Gasteiger partial charge in [0, 0.05) is 31.3 Å². The number of carbonyl (C=O) groups excluding carboxylic acids is 1. The van der Waals surface area contributed by atoms with Crippen LogP contribution in [0, 0.1) is 15.5 Å². The Morgan fingerprint density at radius 2 is 2.09 bits per heavy atom. The van der Waals surface area contributed by atoms with E-state index in [1.54, 1.807) is 4.90 Å². The molecule has 6 nitrogen and oxygen atoms in total. The number of hydrogen-bond donors (Lipinski definition) is 1. The van der Waals surface area contributed by atoms with Gasteiger partial charge < -0.3 is 10.0 Å². The highest BCUT2D eigenvalue weighted by Crippen LogP contribution is 2.35. The van der Waals surface area contributed by atoms with E-state index < -0.39 is 4.92 Å². The molecular weight excluding hydrogens is 308 g/mol. The van der Waals surface area contributed by atoms with E-state index in [9.17, 15) is 20.0 Å². The smallest absolute Gasteiger partial charge is 0.287 e. The van der Waals surface area contributed by atoms with E-state index in [4.69, 9.17) is 11.6 Å². The van der Waals surface area contributed by atoms with Gasteiger partial charge in [0.1, 0.15) is 5.02 Å². The van der Waals surface area contributed by atoms with Crippen molar-refractivity contribution in [1.82, 2.24) is 4.90 Å². The van der Waals surface area contributed by atoms with Crippen molar-refractivity contribution in [2.75, 3.05) is 19.7 Å². The first-order valence-electron chi connectivity index (χ1n) is 7.26. The number of carbonyl (C=O) groups is 1. The number of aliphatic hydroxyl groups excluding tert-OH is 1. The third-order valence-corrected chi connectivity index (χ3v) is 4.89. The highest BCUT2D eigenvalue weighted by molar-refractivity contribution is 6.33. The summed E-state index contributed by atoms with van der Waals surface area (Å²) in [6.07, 6.45) is 2.40. The van der Waals surface area contributed by atoms with Crippen molar-refractivity contribution in [1.29, 1.82) is 0 Å². The minimum atomic E-state index is -0.575. The van der Waals surface area contributed by atoms with Crippen LogP contribution < -0.4 is 0 Å². The minimum absolute atomic E-state index is 0.0360. The number of aliphatic hydroxyl groups is 1. The lowest BCUT2D eigenvalue weighted by Crippen LogP contribution is -2.44. The Labute approximate surface area is 133 Å². The van der Waals surface area contributed by atoms with Crippen molar-refractivity contribution < 1.29 is 14.8 Å². The number of halogens is 1. The van der Waals surface area contributed by atoms with Crippen LogP contribution in [0.4, 0.5) is 5.69 Å². The molecule has 0 aromatic heterocycles. The lowest BCUT2D eigenvalue weighted by atomic mass is 9.77. The molecule has 1 fully saturated rings. The summed E-state index contributed by atoms with van der Waals surface area (Å²) in [5.41, 5.74) is 0.0508. The number of likely N-dealkylation sites (tertiary alicyclic amines) is 1. The normalized spacial score (nSPS) is 17.3. The Morgan fingerprint density at radius 1 is 1.45 bits per heavy atom. The summed E-state index contributed by atoms with van der Waals surface area (Å²) >= 11 is 5.85. The van der Waals surface area contributed by atoms with E-state index in [0.717, 1.165) is 19.3 Å². The third kappa shape index (κ3) is 3.23. The van der Waals surface area contributed by atoms with Gasteiger partial charge in [-0.2, -0.15) is 0 Å². The number of nitrogens with zero attached hydrogens (tertiary/aromatic N) is 2. The number of rotatable bonds is 4. The first-order chi connectivity index (χ1) is 10.4. The molecule has 1 aliphatic rings. The van der Waals surface area contributed by atoms with Gasteiger partial charge in [0.2, 0.25) is 0 Å². The molecule has 0 bridgehead atoms. The number of nitro groups is 1. The molecule has 2 rings (SSSR count). The summed E-state index contributed by atoms with van der Waals surface area (Å²) in [5.74, 6) is -0.181. The van der Waals surface area contributed by atoms with Crippen LogP contribution in [0.15, 0.2) is 18.2 Å². The average molecular weight is 327 g/mol. The molecule has 1 aliphatic heterocycles. The molecule has 0 radical (unpaired) electrons. The molecule has 7 heteroatoms. The van der Waals surface area contributed by atoms with Gasteiger partial charge in [0.25, 0.3) is 11.6 Å². The molecule has 22 heavy (non-hydrogen) atoms. The zero-order chi connectivity index (χ0) is 16.3. The van der Waals surface area contributed by atoms with Crippen LogP contribution in [0.1, 0.15) is 36.5 Å². The van der Waals surface area contributed by atoms with Crippen LogP contribution in [-0.4, -0.2) is 40.5 Å². The standard InChI is InChI=1S/C15H19ClN2O4/c1-2-15(10-19)5-7-17(8-6-15)14(20)11-3-4-13(18(21)22)12(16)9-11/h3-4,9,19H,2,5-8,10H2,1H3. The third-order valence-electron chi connectivity index (χ3n) is 4.59. The lowest BCUT2D eigenvalue weighted by molar-refractivity contribution is -0.384. The maximum Gasteiger partial charge on any atom is 0.287 e. The Kier molecular flexibility index (Phi) is 5.03. The molecule has 0 saturated carbocycles. The quantitative estimate of drug-likeness (QED) is 0.681. The van der Waals surface area contributed by atoms with E-state index in [-0.39, 0.29) is 28.6 Å². The molecule has 1 aromatic rings. The minimum Gasteiger partial charge on any atom is -0.396 e. The van der Waals surface area contributed by atoms with Crippen molar-refractivity contribution in [3.8, 4) is 0 Å². The average Bonchev–Trinajstić information content (AvgIpc) is 2.53. The van der Waals surface area contributed by atoms with E-state index in [0.29, 0.717) is 18.7 Å². The zero-order valence-electron chi connectivity index (χ0n) is 12.4. The van der Waals surface area contributed by atoms with Crippen LogP contribution in [-0.2, 0) is 0 Å². The Bertz CT molecular complexity index is 577. The maximum absolute atomic E-state index is 12.5. The van der Waals surface area contributed by atoms with Gasteiger partial charge >= 0.3 is 0 Å². The second-order valence-electron chi connectivity index (χ2n) is 5.73. The second kappa shape index (κ2) is 6.62. The lowest BCUT2D eigenvalue weighted by Gasteiger charge is -2.40. The van der Waals surface area contributed by atoms with Crippen LogP contribution in [0.3, 0.4) is 0 Å². The van der Waals surface area contributed by atoms with Crippen LogP contribution in [0.2, 0.25) is 5.02 Å². The van der Waals surface area contributed by atoms with Gasteiger partial charge in [-0.3, -0.25) is 14.9 Å². The van der Waals surface area contributed by atoms with Crippen molar-refractivity contribution in [2.45, 2.75) is 26.2 Å². The summed E-state index contributed by atoms with van der Waals surface area (Å²) in [5, 5.41) is 20.2. The van der Waals surface area contributed by atoms with Gasteiger partial charge in [-0.25, -0.2) is 0 Å². The van der Waals surface area contributed by atoms with E-state index in [1.165, 1.54) is 18.2 Å². The molecule has 0 atom stereocenters. The van der Waals surface area contributed by atoms with E-state index >= 15 is 0 Å². The van der Waals surface area contributed by atoms with Crippen molar-refractivity contribution in [2.24, 2.45) is 5.41 Å². The van der Waals surface area contributed by atoms with Crippen LogP contribution in [0.5, 0.6) is 0 Å². The van der Waals surface area contributed by atoms with Crippen molar-refractivity contribution in [3.63, 3.8) is 0 Å². The van der Waals surface area contributed by atoms with E-state index in [1.807, 2.05) is 6.92 Å². The van der Waals surface area contributed by atoms with Crippen molar-refractivity contribution >= 4 is 23.2 Å². The van der Waals surface area contributed by atoms with Gasteiger partial charge in [-0.05, 0) is 36.8 Å². The monoisotopic (exact) mass is 326 g/mol. The summed E-state index contributed by atoms with van der Waals surface area (Å²) in [7, 11) is 0. The summed E-state index contributed by atoms with van der Waals surface area (Å²) in [6.45, 7) is 3.32. The zero-order valence-corrected chi connectivity index (χ0v) is 13.2. The van der Waals surface area contributed by atoms with E-state index in [2.05, 4.69) is 0 Å².